The van der Waals surface area contributed by atoms with Gasteiger partial charge in [0.2, 0.25) is 82.7 Å². The SMILES string of the molecule is C.CC(=O)NC(C)C(=O)NC(CO)C(=O)NC(C)(C)C(=O)NC(CC(C)C)C(=O)NC(CCCN=C(N)N)C(=O)NC(CCCCN)C(=O)NC(CC(C)C)C(=O)NC(C)(C)C(=O)NC(CCCCNC(=O)CCCCC1SCC2NC(=O)NC21)C(=O)NC(CCCN=C(N)N)C(=O)NC(CC(C)C)C(=O)NC(CC(C)C)C(N)=O. The molecule has 0 aromatic rings. The van der Waals surface area contributed by atoms with Crippen molar-refractivity contribution in [1.29, 1.82) is 0 Å². The van der Waals surface area contributed by atoms with Crippen LogP contribution in [0.3, 0.4) is 0 Å². The van der Waals surface area contributed by atoms with Crippen molar-refractivity contribution in [3.8, 4) is 0 Å². The third-order valence-electron chi connectivity index (χ3n) is 18.7. The van der Waals surface area contributed by atoms with E-state index in [1.165, 1.54) is 41.5 Å². The number of hydrogen-bond donors (Lipinski definition) is 22. The maximum absolute atomic E-state index is 14.9. The largest absolute Gasteiger partial charge is 0.394 e. The van der Waals surface area contributed by atoms with Gasteiger partial charge in [-0.05, 0) is 168 Å². The molecule has 0 bridgehead atoms. The van der Waals surface area contributed by atoms with E-state index in [-0.39, 0.29) is 182 Å². The van der Waals surface area contributed by atoms with Gasteiger partial charge in [0.1, 0.15) is 71.5 Å². The summed E-state index contributed by atoms with van der Waals surface area (Å²) in [5.74, 6) is -11.2. The summed E-state index contributed by atoms with van der Waals surface area (Å²) in [7, 11) is 0. The van der Waals surface area contributed by atoms with Gasteiger partial charge >= 0.3 is 6.03 Å². The first-order valence-electron chi connectivity index (χ1n) is 39.6. The molecule has 115 heavy (non-hydrogen) atoms. The van der Waals surface area contributed by atoms with E-state index in [0.29, 0.717) is 19.3 Å². The molecule has 0 radical (unpaired) electrons. The molecular weight excluding hydrogens is 1510 g/mol. The molecule has 0 aliphatic carbocycles. The quantitative estimate of drug-likeness (QED) is 0.0127. The number of carbonyl (C=O) groups is 15. The zero-order chi connectivity index (χ0) is 86.3. The molecule has 0 spiro atoms. The van der Waals surface area contributed by atoms with E-state index in [4.69, 9.17) is 34.4 Å². The van der Waals surface area contributed by atoms with E-state index in [1.54, 1.807) is 39.5 Å². The number of primary amides is 1. The van der Waals surface area contributed by atoms with Crippen LogP contribution < -0.4 is 114 Å². The maximum atomic E-state index is 14.9. The minimum absolute atomic E-state index is 0. The highest BCUT2D eigenvalue weighted by atomic mass is 32.2. The number of aliphatic imine (C=N–C) groups is 2. The highest BCUT2D eigenvalue weighted by Gasteiger charge is 2.44. The number of carbonyl (C=O) groups excluding carboxylic acids is 15. The first-order chi connectivity index (χ1) is 53.3. The summed E-state index contributed by atoms with van der Waals surface area (Å²) in [6, 6.07) is -13.3. The number of guanidine groups is 2. The molecule has 28 N–H and O–H groups in total. The van der Waals surface area contributed by atoms with Gasteiger partial charge in [-0.1, -0.05) is 69.2 Å². The molecule has 2 saturated heterocycles. The molecule has 13 unspecified atom stereocenters. The van der Waals surface area contributed by atoms with E-state index in [0.717, 1.165) is 18.6 Å². The smallest absolute Gasteiger partial charge is 0.315 e. The van der Waals surface area contributed by atoms with Crippen LogP contribution >= 0.6 is 11.8 Å². The van der Waals surface area contributed by atoms with Gasteiger partial charge in [0, 0.05) is 44.0 Å². The molecule has 39 nitrogen and oxygen atoms in total. The lowest BCUT2D eigenvalue weighted by Gasteiger charge is -2.32. The Labute approximate surface area is 681 Å². The van der Waals surface area contributed by atoms with E-state index in [2.05, 4.69) is 89.7 Å². The average Bonchev–Trinajstić information content (AvgIpc) is 1.65. The van der Waals surface area contributed by atoms with Gasteiger partial charge in [0.15, 0.2) is 11.9 Å². The standard InChI is InChI=1S/C74H135N23O16S.CH4/c1-39(2)33-49(58(76)101)88-64(107)50(34-40(3)4)89-62(105)47(26-22-32-83-71(79)80)86-63(106)48(24-18-20-30-81-56(100)28-16-15-27-55-57-54(38-114-55)94-72(113)95-57)92-68(111)73(11,12)96-66(109)52(36-42(7)8)90-61(104)45(23-17-19-29-75)85-60(103)46(25-21-31-82-70(77)78)87-65(108)51(35-41(5)6)93-69(112)74(13,14)97-67(110)53(37-98)91-59(102)43(9)84-44(10)99;/h39-43,45-55,57,98H,15-38,75H2,1-14H3,(H2,76,101)(H,81,100)(H,84,99)(H,85,103)(H,86,106)(H,87,108)(H,88,107)(H,89,105)(H,90,104)(H,91,102)(H,92,111)(H,93,112)(H,96,109)(H,97,110)(H4,77,78,82)(H4,79,80,83)(H2,94,95,113);1H4. The van der Waals surface area contributed by atoms with Crippen LogP contribution in [0, 0.1) is 23.7 Å². The number of amides is 16. The summed E-state index contributed by atoms with van der Waals surface area (Å²) < 4.78 is 0. The fourth-order valence-electron chi connectivity index (χ4n) is 12.5. The normalized spacial score (nSPS) is 17.0. The van der Waals surface area contributed by atoms with Crippen LogP contribution in [-0.2, 0) is 67.1 Å². The summed E-state index contributed by atoms with van der Waals surface area (Å²) in [4.78, 5) is 214. The van der Waals surface area contributed by atoms with Crippen molar-refractivity contribution >= 4 is 112 Å². The Balaban J connectivity index is 0.0000661. The molecule has 2 rings (SSSR count). The third kappa shape index (κ3) is 40.2. The highest BCUT2D eigenvalue weighted by Crippen LogP contribution is 2.33. The van der Waals surface area contributed by atoms with E-state index < -0.39 is 155 Å². The Morgan fingerprint density at radius 2 is 0.843 bits per heavy atom. The van der Waals surface area contributed by atoms with Crippen LogP contribution in [0.25, 0.3) is 0 Å². The van der Waals surface area contributed by atoms with Crippen LogP contribution in [0.15, 0.2) is 9.98 Å². The highest BCUT2D eigenvalue weighted by molar-refractivity contribution is 8.00. The van der Waals surface area contributed by atoms with Gasteiger partial charge in [-0.25, -0.2) is 4.79 Å². The first-order valence-corrected chi connectivity index (χ1v) is 40.7. The second-order valence-electron chi connectivity index (χ2n) is 32.1. The van der Waals surface area contributed by atoms with E-state index >= 15 is 0 Å². The van der Waals surface area contributed by atoms with Crippen LogP contribution in [0.1, 0.15) is 220 Å². The molecule has 0 saturated carbocycles. The molecule has 0 aromatic heterocycles. The molecule has 2 fully saturated rings. The van der Waals surface area contributed by atoms with Crippen molar-refractivity contribution < 1.29 is 77.0 Å². The molecule has 656 valence electrons. The number of nitrogens with one attached hydrogen (secondary N) is 15. The second kappa shape index (κ2) is 52.3. The predicted molar refractivity (Wildman–Crippen MR) is 439 cm³/mol. The maximum Gasteiger partial charge on any atom is 0.315 e. The van der Waals surface area contributed by atoms with Crippen molar-refractivity contribution in [3.05, 3.63) is 0 Å². The number of aliphatic hydroxyl groups is 1. The summed E-state index contributed by atoms with van der Waals surface area (Å²) in [5, 5.41) is 50.7. The number of aliphatic hydroxyl groups excluding tert-OH is 1. The number of nitrogens with two attached hydrogens (primary N) is 6. The lowest BCUT2D eigenvalue weighted by Crippen LogP contribution is -2.64. The zero-order valence-corrected chi connectivity index (χ0v) is 69.9. The Morgan fingerprint density at radius 3 is 1.27 bits per heavy atom. The van der Waals surface area contributed by atoms with Crippen LogP contribution in [0.4, 0.5) is 4.79 Å². The number of rotatable bonds is 55. The van der Waals surface area contributed by atoms with Crippen molar-refractivity contribution in [3.63, 3.8) is 0 Å². The predicted octanol–water partition coefficient (Wildman–Crippen LogP) is -2.79. The van der Waals surface area contributed by atoms with E-state index in [9.17, 15) is 77.0 Å². The molecule has 16 amide bonds. The summed E-state index contributed by atoms with van der Waals surface area (Å²) >= 11 is 1.78. The van der Waals surface area contributed by atoms with Crippen LogP contribution in [0.2, 0.25) is 0 Å². The van der Waals surface area contributed by atoms with Gasteiger partial charge in [0.25, 0.3) is 0 Å². The Hall–Kier alpha value is -9.34. The molecule has 2 aliphatic rings. The van der Waals surface area contributed by atoms with E-state index in [1.807, 2.05) is 27.7 Å². The summed E-state index contributed by atoms with van der Waals surface area (Å²) in [6.07, 6.45) is 3.88. The van der Waals surface area contributed by atoms with Gasteiger partial charge < -0.3 is 119 Å². The number of fused-ring (bicyclic) bond motifs is 1. The lowest BCUT2D eigenvalue weighted by atomic mass is 9.98. The van der Waals surface area contributed by atoms with Gasteiger partial charge in [-0.15, -0.1) is 0 Å². The van der Waals surface area contributed by atoms with Crippen molar-refractivity contribution in [2.45, 2.75) is 309 Å². The molecule has 0 aromatic carbocycles. The van der Waals surface area contributed by atoms with Gasteiger partial charge in [0.05, 0.1) is 18.7 Å². The van der Waals surface area contributed by atoms with Crippen molar-refractivity contribution in [1.82, 2.24) is 79.8 Å². The number of hydrogen-bond acceptors (Lipinski definition) is 20. The minimum atomic E-state index is -1.87. The fraction of sp³-hybridized carbons (Fsp3) is 0.773. The monoisotopic (exact) mass is 1650 g/mol. The Kier molecular flexibility index (Phi) is 47.1. The van der Waals surface area contributed by atoms with Crippen molar-refractivity contribution in [2.75, 3.05) is 38.5 Å². The molecular formula is C75H139N23O16S. The number of urea groups is 1. The Bertz CT molecular complexity index is 3280. The minimum Gasteiger partial charge on any atom is -0.394 e. The number of nitrogens with zero attached hydrogens (tertiary/aromatic N) is 2. The Morgan fingerprint density at radius 1 is 0.470 bits per heavy atom. The van der Waals surface area contributed by atoms with Crippen LogP contribution in [0.5, 0.6) is 0 Å². The fourth-order valence-corrected chi connectivity index (χ4v) is 14.1. The molecule has 13 atom stereocenters. The lowest BCUT2D eigenvalue weighted by molar-refractivity contribution is -0.138. The molecule has 40 heteroatoms. The zero-order valence-electron chi connectivity index (χ0n) is 69.1. The molecule has 2 heterocycles. The first kappa shape index (κ1) is 104. The van der Waals surface area contributed by atoms with Crippen molar-refractivity contribution in [2.24, 2.45) is 68.1 Å². The second-order valence-corrected chi connectivity index (χ2v) is 33.4. The summed E-state index contributed by atoms with van der Waals surface area (Å²) in [6.45, 7) is 21.8. The topological polar surface area (TPSA) is 638 Å². The summed E-state index contributed by atoms with van der Waals surface area (Å²) in [5.41, 5.74) is 30.3. The number of unbranched alkanes of at least 4 members (excludes halogenated alkanes) is 3. The average molecular weight is 1650 g/mol. The number of thioether (sulfide) groups is 1. The third-order valence-corrected chi connectivity index (χ3v) is 20.2. The van der Waals surface area contributed by atoms with Gasteiger partial charge in [-0.2, -0.15) is 11.8 Å². The van der Waals surface area contributed by atoms with Crippen LogP contribution in [-0.4, -0.2) is 233 Å². The van der Waals surface area contributed by atoms with Gasteiger partial charge in [-0.3, -0.25) is 77.1 Å². The molecule has 2 aliphatic heterocycles.